The molecule has 7 rings (SSSR count). The minimum Gasteiger partial charge on any atom is -0.208 e. The van der Waals surface area contributed by atoms with E-state index in [0.29, 0.717) is 17.5 Å². The van der Waals surface area contributed by atoms with Crippen LogP contribution in [-0.4, -0.2) is 15.0 Å². The number of benzene rings is 6. The van der Waals surface area contributed by atoms with Gasteiger partial charge in [0.15, 0.2) is 17.5 Å². The molecule has 0 bridgehead atoms. The first-order chi connectivity index (χ1) is 20.2. The van der Waals surface area contributed by atoms with E-state index < -0.39 is 0 Å². The predicted molar refractivity (Wildman–Crippen MR) is 172 cm³/mol. The monoisotopic (exact) mass is 589 g/mol. The zero-order valence-corrected chi connectivity index (χ0v) is 23.7. The van der Waals surface area contributed by atoms with E-state index in [1.165, 1.54) is 11.1 Å². The van der Waals surface area contributed by atoms with E-state index in [4.69, 9.17) is 15.0 Å². The topological polar surface area (TPSA) is 38.7 Å². The molecule has 0 saturated carbocycles. The maximum Gasteiger partial charge on any atom is 0.165 e. The molecule has 0 aliphatic heterocycles. The molecule has 6 aromatic carbocycles. The summed E-state index contributed by atoms with van der Waals surface area (Å²) >= 11 is 3.79. The first-order valence-electron chi connectivity index (χ1n) is 13.5. The molecule has 3 nitrogen and oxygen atoms in total. The van der Waals surface area contributed by atoms with Gasteiger partial charge in [-0.1, -0.05) is 149 Å². The normalized spacial score (nSPS) is 11.0. The molecule has 0 aliphatic rings. The Kier molecular flexibility index (Phi) is 6.67. The Morgan fingerprint density at radius 1 is 0.341 bits per heavy atom. The molecule has 0 unspecified atom stereocenters. The molecule has 7 aromatic rings. The third-order valence-electron chi connectivity index (χ3n) is 7.21. The van der Waals surface area contributed by atoms with E-state index in [9.17, 15) is 0 Å². The van der Waals surface area contributed by atoms with Gasteiger partial charge in [-0.05, 0) is 45.2 Å². The molecular weight excluding hydrogens is 566 g/mol. The van der Waals surface area contributed by atoms with Crippen LogP contribution in [0, 0.1) is 0 Å². The summed E-state index contributed by atoms with van der Waals surface area (Å²) in [5.41, 5.74) is 7.45. The van der Waals surface area contributed by atoms with Crippen LogP contribution in [0.15, 0.2) is 150 Å². The summed E-state index contributed by atoms with van der Waals surface area (Å²) in [5, 5.41) is 2.29. The van der Waals surface area contributed by atoms with E-state index in [1.807, 2.05) is 24.3 Å². The van der Waals surface area contributed by atoms with E-state index in [2.05, 4.69) is 137 Å². The summed E-state index contributed by atoms with van der Waals surface area (Å²) in [5.74, 6) is 1.90. The van der Waals surface area contributed by atoms with Crippen molar-refractivity contribution >= 4 is 26.7 Å². The Morgan fingerprint density at radius 3 is 1.20 bits per heavy atom. The van der Waals surface area contributed by atoms with Crippen LogP contribution in [0.3, 0.4) is 0 Å². The molecular formula is C37H24BrN3. The highest BCUT2D eigenvalue weighted by molar-refractivity contribution is 9.10. The Hall–Kier alpha value is -4.93. The zero-order valence-electron chi connectivity index (χ0n) is 22.1. The second-order valence-electron chi connectivity index (χ2n) is 9.87. The smallest absolute Gasteiger partial charge is 0.165 e. The van der Waals surface area contributed by atoms with Crippen LogP contribution < -0.4 is 0 Å². The number of nitrogens with zero attached hydrogens (tertiary/aromatic N) is 3. The SMILES string of the molecule is Brc1cc2ccccc2cc1-c1nc(-c2ccc(-c3ccccc3)cc2)nc(-c2ccc(-c3ccccc3)cc2)n1. The Bertz CT molecular complexity index is 1870. The highest BCUT2D eigenvalue weighted by Gasteiger charge is 2.15. The molecule has 0 saturated heterocycles. The van der Waals surface area contributed by atoms with Crippen molar-refractivity contribution in [3.8, 4) is 56.4 Å². The number of aromatic nitrogens is 3. The average molecular weight is 591 g/mol. The summed E-state index contributed by atoms with van der Waals surface area (Å²) in [4.78, 5) is 14.9. The lowest BCUT2D eigenvalue weighted by atomic mass is 10.0. The Labute approximate surface area is 247 Å². The number of fused-ring (bicyclic) bond motifs is 1. The molecule has 194 valence electrons. The summed E-state index contributed by atoms with van der Waals surface area (Å²) < 4.78 is 0.943. The van der Waals surface area contributed by atoms with Gasteiger partial charge in [0.05, 0.1) is 0 Å². The van der Waals surface area contributed by atoms with Gasteiger partial charge in [-0.15, -0.1) is 0 Å². The first-order valence-corrected chi connectivity index (χ1v) is 14.3. The van der Waals surface area contributed by atoms with Crippen molar-refractivity contribution in [3.63, 3.8) is 0 Å². The van der Waals surface area contributed by atoms with Crippen LogP contribution in [0.5, 0.6) is 0 Å². The second kappa shape index (κ2) is 10.9. The molecule has 0 amide bonds. The average Bonchev–Trinajstić information content (AvgIpc) is 3.05. The van der Waals surface area contributed by atoms with Crippen LogP contribution in [0.4, 0.5) is 0 Å². The lowest BCUT2D eigenvalue weighted by Gasteiger charge is -2.11. The fraction of sp³-hybridized carbons (Fsp3) is 0. The van der Waals surface area contributed by atoms with Gasteiger partial charge in [0.1, 0.15) is 0 Å². The van der Waals surface area contributed by atoms with Gasteiger partial charge in [0, 0.05) is 21.2 Å². The van der Waals surface area contributed by atoms with Crippen LogP contribution >= 0.6 is 15.9 Å². The summed E-state index contributed by atoms with van der Waals surface area (Å²) in [6, 6.07) is 50.1. The summed E-state index contributed by atoms with van der Waals surface area (Å²) in [6.45, 7) is 0. The lowest BCUT2D eigenvalue weighted by molar-refractivity contribution is 1.07. The quantitative estimate of drug-likeness (QED) is 0.200. The van der Waals surface area contributed by atoms with Crippen molar-refractivity contribution < 1.29 is 0 Å². The molecule has 4 heteroatoms. The standard InChI is InChI=1S/C37H24BrN3/c38-34-24-32-14-8-7-13-31(32)23-33(34)37-40-35(29-19-15-27(16-20-29)25-9-3-1-4-10-25)39-36(41-37)30-21-17-28(18-22-30)26-11-5-2-6-12-26/h1-24H. The Morgan fingerprint density at radius 2 is 0.707 bits per heavy atom. The van der Waals surface area contributed by atoms with E-state index in [-0.39, 0.29) is 0 Å². The molecule has 0 aliphatic carbocycles. The molecule has 0 atom stereocenters. The molecule has 0 radical (unpaired) electrons. The molecule has 41 heavy (non-hydrogen) atoms. The van der Waals surface area contributed by atoms with Gasteiger partial charge >= 0.3 is 0 Å². The predicted octanol–water partition coefficient (Wildman–Crippen LogP) is 10.1. The number of hydrogen-bond donors (Lipinski definition) is 0. The lowest BCUT2D eigenvalue weighted by Crippen LogP contribution is -2.00. The Balaban J connectivity index is 1.35. The minimum absolute atomic E-state index is 0.627. The van der Waals surface area contributed by atoms with Crippen molar-refractivity contribution in [3.05, 3.63) is 150 Å². The van der Waals surface area contributed by atoms with Crippen molar-refractivity contribution in [2.24, 2.45) is 0 Å². The second-order valence-corrected chi connectivity index (χ2v) is 10.7. The van der Waals surface area contributed by atoms with Crippen LogP contribution in [-0.2, 0) is 0 Å². The van der Waals surface area contributed by atoms with Gasteiger partial charge < -0.3 is 0 Å². The van der Waals surface area contributed by atoms with E-state index in [0.717, 1.165) is 43.1 Å². The zero-order chi connectivity index (χ0) is 27.6. The van der Waals surface area contributed by atoms with Gasteiger partial charge in [-0.2, -0.15) is 0 Å². The fourth-order valence-corrected chi connectivity index (χ4v) is 5.56. The van der Waals surface area contributed by atoms with E-state index >= 15 is 0 Å². The van der Waals surface area contributed by atoms with Gasteiger partial charge in [-0.3, -0.25) is 0 Å². The van der Waals surface area contributed by atoms with Crippen LogP contribution in [0.2, 0.25) is 0 Å². The third kappa shape index (κ3) is 5.18. The molecule has 1 heterocycles. The molecule has 0 fully saturated rings. The maximum atomic E-state index is 4.98. The third-order valence-corrected chi connectivity index (χ3v) is 7.87. The molecule has 1 aromatic heterocycles. The van der Waals surface area contributed by atoms with Crippen molar-refractivity contribution in [2.75, 3.05) is 0 Å². The maximum absolute atomic E-state index is 4.98. The van der Waals surface area contributed by atoms with Crippen molar-refractivity contribution in [1.82, 2.24) is 15.0 Å². The number of halogens is 1. The largest absolute Gasteiger partial charge is 0.208 e. The summed E-state index contributed by atoms with van der Waals surface area (Å²) in [6.07, 6.45) is 0. The van der Waals surface area contributed by atoms with Gasteiger partial charge in [-0.25, -0.2) is 15.0 Å². The minimum atomic E-state index is 0.627. The number of rotatable bonds is 5. The van der Waals surface area contributed by atoms with E-state index in [1.54, 1.807) is 0 Å². The highest BCUT2D eigenvalue weighted by atomic mass is 79.9. The fourth-order valence-electron chi connectivity index (χ4n) is 5.02. The molecule has 0 spiro atoms. The van der Waals surface area contributed by atoms with Crippen LogP contribution in [0.25, 0.3) is 67.2 Å². The van der Waals surface area contributed by atoms with Gasteiger partial charge in [0.2, 0.25) is 0 Å². The molecule has 0 N–H and O–H groups in total. The van der Waals surface area contributed by atoms with Crippen molar-refractivity contribution in [1.29, 1.82) is 0 Å². The summed E-state index contributed by atoms with van der Waals surface area (Å²) in [7, 11) is 0. The first kappa shape index (κ1) is 25.1. The number of hydrogen-bond acceptors (Lipinski definition) is 3. The van der Waals surface area contributed by atoms with Crippen LogP contribution in [0.1, 0.15) is 0 Å². The van der Waals surface area contributed by atoms with Crippen molar-refractivity contribution in [2.45, 2.75) is 0 Å². The highest BCUT2D eigenvalue weighted by Crippen LogP contribution is 2.33. The van der Waals surface area contributed by atoms with Gasteiger partial charge in [0.25, 0.3) is 0 Å².